The summed E-state index contributed by atoms with van der Waals surface area (Å²) >= 11 is 12.2. The SMILES string of the molecule is CCCNC(c1ccc(Cl)cn1)c1ccccc1Cl. The van der Waals surface area contributed by atoms with E-state index < -0.39 is 0 Å². The summed E-state index contributed by atoms with van der Waals surface area (Å²) in [7, 11) is 0. The Morgan fingerprint density at radius 1 is 1.16 bits per heavy atom. The highest BCUT2D eigenvalue weighted by Gasteiger charge is 2.17. The number of hydrogen-bond acceptors (Lipinski definition) is 2. The molecule has 1 aromatic heterocycles. The summed E-state index contributed by atoms with van der Waals surface area (Å²) < 4.78 is 0. The molecule has 1 N–H and O–H groups in total. The van der Waals surface area contributed by atoms with Crippen molar-refractivity contribution >= 4 is 23.2 Å². The maximum atomic E-state index is 6.29. The van der Waals surface area contributed by atoms with Crippen LogP contribution in [0.4, 0.5) is 0 Å². The minimum Gasteiger partial charge on any atom is -0.305 e. The number of benzene rings is 1. The predicted molar refractivity (Wildman–Crippen MR) is 80.8 cm³/mol. The molecular weight excluding hydrogens is 279 g/mol. The van der Waals surface area contributed by atoms with Crippen LogP contribution in [0, 0.1) is 0 Å². The summed E-state index contributed by atoms with van der Waals surface area (Å²) in [4.78, 5) is 4.40. The van der Waals surface area contributed by atoms with E-state index >= 15 is 0 Å². The van der Waals surface area contributed by atoms with Crippen molar-refractivity contribution in [1.29, 1.82) is 0 Å². The molecule has 1 aromatic carbocycles. The molecular formula is C15H16Cl2N2. The van der Waals surface area contributed by atoms with Gasteiger partial charge in [-0.25, -0.2) is 0 Å². The molecule has 1 heterocycles. The Morgan fingerprint density at radius 2 is 1.95 bits per heavy atom. The Balaban J connectivity index is 2.35. The van der Waals surface area contributed by atoms with Crippen molar-refractivity contribution in [2.45, 2.75) is 19.4 Å². The van der Waals surface area contributed by atoms with Crippen LogP contribution in [0.15, 0.2) is 42.6 Å². The van der Waals surface area contributed by atoms with Gasteiger partial charge in [0.2, 0.25) is 0 Å². The average molecular weight is 295 g/mol. The van der Waals surface area contributed by atoms with E-state index in [1.807, 2.05) is 36.4 Å². The monoisotopic (exact) mass is 294 g/mol. The van der Waals surface area contributed by atoms with Crippen molar-refractivity contribution in [3.05, 3.63) is 63.9 Å². The maximum Gasteiger partial charge on any atom is 0.0765 e. The van der Waals surface area contributed by atoms with Gasteiger partial charge in [0.25, 0.3) is 0 Å². The molecule has 2 rings (SSSR count). The van der Waals surface area contributed by atoms with Crippen LogP contribution < -0.4 is 5.32 Å². The van der Waals surface area contributed by atoms with Crippen molar-refractivity contribution in [3.63, 3.8) is 0 Å². The number of nitrogens with zero attached hydrogens (tertiary/aromatic N) is 1. The number of hydrogen-bond donors (Lipinski definition) is 1. The number of aromatic nitrogens is 1. The van der Waals surface area contributed by atoms with Crippen LogP contribution >= 0.6 is 23.2 Å². The molecule has 0 fully saturated rings. The second kappa shape index (κ2) is 6.90. The second-order valence-electron chi connectivity index (χ2n) is 4.31. The standard InChI is InChI=1S/C15H16Cl2N2/c1-2-9-18-15(12-5-3-4-6-13(12)17)14-8-7-11(16)10-19-14/h3-8,10,15,18H,2,9H2,1H3. The normalized spacial score (nSPS) is 12.4. The highest BCUT2D eigenvalue weighted by Crippen LogP contribution is 2.27. The van der Waals surface area contributed by atoms with E-state index in [-0.39, 0.29) is 6.04 Å². The summed E-state index contributed by atoms with van der Waals surface area (Å²) in [6.07, 6.45) is 2.71. The third-order valence-corrected chi connectivity index (χ3v) is 3.43. The predicted octanol–water partition coefficient (Wildman–Crippen LogP) is 4.48. The zero-order chi connectivity index (χ0) is 13.7. The summed E-state index contributed by atoms with van der Waals surface area (Å²) in [5, 5.41) is 4.85. The summed E-state index contributed by atoms with van der Waals surface area (Å²) in [6, 6.07) is 11.6. The highest BCUT2D eigenvalue weighted by molar-refractivity contribution is 6.31. The molecule has 0 saturated heterocycles. The third kappa shape index (κ3) is 3.69. The first-order valence-corrected chi connectivity index (χ1v) is 7.07. The average Bonchev–Trinajstić information content (AvgIpc) is 2.43. The second-order valence-corrected chi connectivity index (χ2v) is 5.15. The van der Waals surface area contributed by atoms with Crippen molar-refractivity contribution in [1.82, 2.24) is 10.3 Å². The molecule has 0 aliphatic rings. The lowest BCUT2D eigenvalue weighted by molar-refractivity contribution is 0.587. The topological polar surface area (TPSA) is 24.9 Å². The van der Waals surface area contributed by atoms with E-state index in [2.05, 4.69) is 17.2 Å². The first-order valence-electron chi connectivity index (χ1n) is 6.31. The number of rotatable bonds is 5. The van der Waals surface area contributed by atoms with Crippen LogP contribution in [0.2, 0.25) is 10.0 Å². The molecule has 100 valence electrons. The van der Waals surface area contributed by atoms with E-state index in [0.29, 0.717) is 5.02 Å². The Hall–Kier alpha value is -1.09. The lowest BCUT2D eigenvalue weighted by Gasteiger charge is -2.19. The molecule has 4 heteroatoms. The van der Waals surface area contributed by atoms with Gasteiger partial charge in [0.1, 0.15) is 0 Å². The van der Waals surface area contributed by atoms with Gasteiger partial charge in [-0.05, 0) is 36.7 Å². The smallest absolute Gasteiger partial charge is 0.0765 e. The Labute approximate surface area is 123 Å². The minimum absolute atomic E-state index is 0.00841. The molecule has 0 amide bonds. The van der Waals surface area contributed by atoms with Crippen LogP contribution in [0.1, 0.15) is 30.6 Å². The Kier molecular flexibility index (Phi) is 5.20. The lowest BCUT2D eigenvalue weighted by Crippen LogP contribution is -2.24. The fourth-order valence-electron chi connectivity index (χ4n) is 1.93. The molecule has 0 aliphatic heterocycles. The number of nitrogens with one attached hydrogen (secondary N) is 1. The van der Waals surface area contributed by atoms with Crippen molar-refractivity contribution in [2.75, 3.05) is 6.54 Å². The fourth-order valence-corrected chi connectivity index (χ4v) is 2.29. The van der Waals surface area contributed by atoms with E-state index in [0.717, 1.165) is 29.2 Å². The van der Waals surface area contributed by atoms with Crippen molar-refractivity contribution < 1.29 is 0 Å². The van der Waals surface area contributed by atoms with Crippen LogP contribution in [0.5, 0.6) is 0 Å². The first kappa shape index (κ1) is 14.3. The van der Waals surface area contributed by atoms with Gasteiger partial charge in [0.15, 0.2) is 0 Å². The van der Waals surface area contributed by atoms with Crippen LogP contribution in [-0.2, 0) is 0 Å². The highest BCUT2D eigenvalue weighted by atomic mass is 35.5. The summed E-state index contributed by atoms with van der Waals surface area (Å²) in [5.74, 6) is 0. The number of pyridine rings is 1. The molecule has 19 heavy (non-hydrogen) atoms. The zero-order valence-corrected chi connectivity index (χ0v) is 12.2. The Bertz CT molecular complexity index is 526. The third-order valence-electron chi connectivity index (χ3n) is 2.86. The van der Waals surface area contributed by atoms with E-state index in [1.54, 1.807) is 6.20 Å². The van der Waals surface area contributed by atoms with Gasteiger partial charge in [0.05, 0.1) is 16.8 Å². The molecule has 1 unspecified atom stereocenters. The minimum atomic E-state index is -0.00841. The molecule has 0 radical (unpaired) electrons. The van der Waals surface area contributed by atoms with Gasteiger partial charge in [-0.15, -0.1) is 0 Å². The summed E-state index contributed by atoms with van der Waals surface area (Å²) in [6.45, 7) is 3.03. The van der Waals surface area contributed by atoms with Gasteiger partial charge in [-0.2, -0.15) is 0 Å². The quantitative estimate of drug-likeness (QED) is 0.880. The molecule has 2 nitrogen and oxygen atoms in total. The van der Waals surface area contributed by atoms with Gasteiger partial charge in [-0.1, -0.05) is 48.3 Å². The molecule has 0 saturated carbocycles. The van der Waals surface area contributed by atoms with Gasteiger partial charge < -0.3 is 5.32 Å². The van der Waals surface area contributed by atoms with Crippen LogP contribution in [0.25, 0.3) is 0 Å². The molecule has 2 aromatic rings. The van der Waals surface area contributed by atoms with Crippen LogP contribution in [0.3, 0.4) is 0 Å². The molecule has 1 atom stereocenters. The largest absolute Gasteiger partial charge is 0.305 e. The molecule has 0 bridgehead atoms. The van der Waals surface area contributed by atoms with Gasteiger partial charge >= 0.3 is 0 Å². The van der Waals surface area contributed by atoms with Gasteiger partial charge in [0, 0.05) is 11.2 Å². The molecule has 0 spiro atoms. The van der Waals surface area contributed by atoms with Crippen LogP contribution in [-0.4, -0.2) is 11.5 Å². The lowest BCUT2D eigenvalue weighted by atomic mass is 10.0. The van der Waals surface area contributed by atoms with Crippen molar-refractivity contribution in [3.8, 4) is 0 Å². The van der Waals surface area contributed by atoms with E-state index in [4.69, 9.17) is 23.2 Å². The number of halogens is 2. The van der Waals surface area contributed by atoms with Gasteiger partial charge in [-0.3, -0.25) is 4.98 Å². The zero-order valence-electron chi connectivity index (χ0n) is 10.7. The summed E-state index contributed by atoms with van der Waals surface area (Å²) in [5.41, 5.74) is 1.96. The van der Waals surface area contributed by atoms with Crippen molar-refractivity contribution in [2.24, 2.45) is 0 Å². The molecule has 0 aliphatic carbocycles. The maximum absolute atomic E-state index is 6.29. The van der Waals surface area contributed by atoms with E-state index in [1.165, 1.54) is 0 Å². The Morgan fingerprint density at radius 3 is 2.58 bits per heavy atom. The van der Waals surface area contributed by atoms with E-state index in [9.17, 15) is 0 Å². The fraction of sp³-hybridized carbons (Fsp3) is 0.267. The first-order chi connectivity index (χ1) is 9.22.